The maximum atomic E-state index is 14.3. The highest BCUT2D eigenvalue weighted by Gasteiger charge is 2.35. The molecule has 2 N–H and O–H groups in total. The van der Waals surface area contributed by atoms with Crippen LogP contribution in [0.3, 0.4) is 0 Å². The average molecular weight is 340 g/mol. The Morgan fingerprint density at radius 3 is 2.48 bits per heavy atom. The third-order valence-electron chi connectivity index (χ3n) is 3.85. The highest BCUT2D eigenvalue weighted by Crippen LogP contribution is 2.32. The molecule has 2 amide bonds. The Hall–Kier alpha value is -3.15. The summed E-state index contributed by atoms with van der Waals surface area (Å²) in [4.78, 5) is 24.7. The number of rotatable bonds is 4. The van der Waals surface area contributed by atoms with Crippen molar-refractivity contribution in [2.75, 3.05) is 6.61 Å². The van der Waals surface area contributed by atoms with E-state index in [1.54, 1.807) is 43.3 Å². The summed E-state index contributed by atoms with van der Waals surface area (Å²) >= 11 is 0. The lowest BCUT2D eigenvalue weighted by Crippen LogP contribution is -2.45. The molecule has 6 heteroatoms. The van der Waals surface area contributed by atoms with E-state index in [0.717, 1.165) is 0 Å². The molecular formula is C19H17FN2O3. The Morgan fingerprint density at radius 1 is 1.12 bits per heavy atom. The molecule has 1 aliphatic rings. The van der Waals surface area contributed by atoms with Gasteiger partial charge in [-0.05, 0) is 18.6 Å². The summed E-state index contributed by atoms with van der Waals surface area (Å²) in [7, 11) is 0. The Balaban J connectivity index is 2.20. The van der Waals surface area contributed by atoms with Gasteiger partial charge in [0.1, 0.15) is 5.82 Å². The molecule has 128 valence electrons. The predicted molar refractivity (Wildman–Crippen MR) is 90.8 cm³/mol. The molecule has 25 heavy (non-hydrogen) atoms. The van der Waals surface area contributed by atoms with Crippen molar-refractivity contribution in [1.29, 1.82) is 0 Å². The number of benzene rings is 2. The van der Waals surface area contributed by atoms with Crippen molar-refractivity contribution in [2.45, 2.75) is 13.0 Å². The summed E-state index contributed by atoms with van der Waals surface area (Å²) < 4.78 is 19.5. The Morgan fingerprint density at radius 2 is 1.80 bits per heavy atom. The van der Waals surface area contributed by atoms with Gasteiger partial charge in [-0.15, -0.1) is 0 Å². The van der Waals surface area contributed by atoms with Crippen LogP contribution in [-0.2, 0) is 9.53 Å². The molecule has 1 atom stereocenters. The van der Waals surface area contributed by atoms with Crippen LogP contribution in [0.1, 0.15) is 24.1 Å². The second kappa shape index (κ2) is 7.17. The summed E-state index contributed by atoms with van der Waals surface area (Å²) in [6.45, 7) is 1.86. The minimum absolute atomic E-state index is 0.165. The molecule has 0 aliphatic carbocycles. The van der Waals surface area contributed by atoms with Crippen LogP contribution in [-0.4, -0.2) is 18.6 Å². The number of nitrogens with one attached hydrogen (secondary N) is 2. The fraction of sp³-hybridized carbons (Fsp3) is 0.158. The topological polar surface area (TPSA) is 67.4 Å². The minimum atomic E-state index is -0.941. The average Bonchev–Trinajstić information content (AvgIpc) is 2.62. The van der Waals surface area contributed by atoms with Crippen molar-refractivity contribution in [2.24, 2.45) is 0 Å². The van der Waals surface area contributed by atoms with E-state index in [0.29, 0.717) is 11.3 Å². The molecule has 1 heterocycles. The first-order valence-corrected chi connectivity index (χ1v) is 7.90. The quantitative estimate of drug-likeness (QED) is 0.840. The van der Waals surface area contributed by atoms with E-state index >= 15 is 0 Å². The second-order valence-electron chi connectivity index (χ2n) is 5.43. The first kappa shape index (κ1) is 16.7. The van der Waals surface area contributed by atoms with Gasteiger partial charge < -0.3 is 15.4 Å². The zero-order chi connectivity index (χ0) is 17.8. The lowest BCUT2D eigenvalue weighted by molar-refractivity contribution is -0.138. The minimum Gasteiger partial charge on any atom is -0.463 e. The number of carbonyl (C=O) groups excluding carboxylic acids is 2. The molecular weight excluding hydrogens is 323 g/mol. The van der Waals surface area contributed by atoms with Crippen molar-refractivity contribution in [3.63, 3.8) is 0 Å². The van der Waals surface area contributed by atoms with Gasteiger partial charge in [0.15, 0.2) is 0 Å². The Bertz CT molecular complexity index is 834. The molecule has 0 radical (unpaired) electrons. The van der Waals surface area contributed by atoms with E-state index in [9.17, 15) is 14.0 Å². The third kappa shape index (κ3) is 3.38. The van der Waals surface area contributed by atoms with E-state index in [2.05, 4.69) is 10.6 Å². The first-order valence-electron chi connectivity index (χ1n) is 7.90. The van der Waals surface area contributed by atoms with Gasteiger partial charge in [-0.2, -0.15) is 0 Å². The van der Waals surface area contributed by atoms with Crippen LogP contribution in [0, 0.1) is 5.82 Å². The SMILES string of the molecule is CCOC(=O)C1=C(c2ccccc2)NC(=O)N[C@H]1c1ccccc1F. The van der Waals surface area contributed by atoms with E-state index in [-0.39, 0.29) is 17.7 Å². The lowest BCUT2D eigenvalue weighted by atomic mass is 9.92. The van der Waals surface area contributed by atoms with Gasteiger partial charge in [0.25, 0.3) is 0 Å². The van der Waals surface area contributed by atoms with Crippen LogP contribution in [0.2, 0.25) is 0 Å². The summed E-state index contributed by atoms with van der Waals surface area (Å²) in [6, 6.07) is 13.5. The number of hydrogen-bond donors (Lipinski definition) is 2. The molecule has 3 rings (SSSR count). The Kier molecular flexibility index (Phi) is 4.79. The zero-order valence-corrected chi connectivity index (χ0v) is 13.6. The van der Waals surface area contributed by atoms with Crippen molar-refractivity contribution in [3.05, 3.63) is 77.1 Å². The molecule has 0 saturated heterocycles. The highest BCUT2D eigenvalue weighted by atomic mass is 19.1. The van der Waals surface area contributed by atoms with Crippen molar-refractivity contribution in [1.82, 2.24) is 10.6 Å². The van der Waals surface area contributed by atoms with Crippen molar-refractivity contribution >= 4 is 17.7 Å². The maximum Gasteiger partial charge on any atom is 0.338 e. The molecule has 0 unspecified atom stereocenters. The molecule has 2 aromatic rings. The molecule has 1 aliphatic heterocycles. The van der Waals surface area contributed by atoms with Crippen LogP contribution in [0.4, 0.5) is 9.18 Å². The summed E-state index contributed by atoms with van der Waals surface area (Å²) in [5.74, 6) is -1.12. The summed E-state index contributed by atoms with van der Waals surface area (Å²) in [5.41, 5.74) is 1.32. The lowest BCUT2D eigenvalue weighted by Gasteiger charge is -2.29. The van der Waals surface area contributed by atoms with Gasteiger partial charge in [-0.25, -0.2) is 14.0 Å². The van der Waals surface area contributed by atoms with Gasteiger partial charge in [0, 0.05) is 5.56 Å². The number of hydrogen-bond acceptors (Lipinski definition) is 3. The molecule has 2 aromatic carbocycles. The molecule has 0 bridgehead atoms. The number of carbonyl (C=O) groups is 2. The van der Waals surface area contributed by atoms with Crippen molar-refractivity contribution in [3.8, 4) is 0 Å². The highest BCUT2D eigenvalue weighted by molar-refractivity contribution is 6.04. The van der Waals surface area contributed by atoms with Gasteiger partial charge in [0.2, 0.25) is 0 Å². The first-order chi connectivity index (χ1) is 12.1. The number of halogens is 1. The largest absolute Gasteiger partial charge is 0.463 e. The maximum absolute atomic E-state index is 14.3. The van der Waals surface area contributed by atoms with E-state index in [1.807, 2.05) is 6.07 Å². The molecule has 0 saturated carbocycles. The van der Waals surface area contributed by atoms with Crippen LogP contribution < -0.4 is 10.6 Å². The van der Waals surface area contributed by atoms with Gasteiger partial charge >= 0.3 is 12.0 Å². The van der Waals surface area contributed by atoms with Gasteiger partial charge in [-0.3, -0.25) is 0 Å². The molecule has 0 fully saturated rings. The van der Waals surface area contributed by atoms with Gasteiger partial charge in [-0.1, -0.05) is 48.5 Å². The van der Waals surface area contributed by atoms with Crippen molar-refractivity contribution < 1.29 is 18.7 Å². The monoisotopic (exact) mass is 340 g/mol. The fourth-order valence-corrected chi connectivity index (χ4v) is 2.77. The molecule has 0 spiro atoms. The molecule has 5 nitrogen and oxygen atoms in total. The van der Waals surface area contributed by atoms with Crippen LogP contribution in [0.25, 0.3) is 5.70 Å². The third-order valence-corrected chi connectivity index (χ3v) is 3.85. The zero-order valence-electron chi connectivity index (χ0n) is 13.6. The normalized spacial score (nSPS) is 16.9. The standard InChI is InChI=1S/C19H17FN2O3/c1-2-25-18(23)15-16(12-8-4-3-5-9-12)21-19(24)22-17(15)13-10-6-7-11-14(13)20/h3-11,17H,2H2,1H3,(H2,21,22,24)/t17-/m0/s1. The van der Waals surface area contributed by atoms with Crippen LogP contribution in [0.5, 0.6) is 0 Å². The Labute approximate surface area is 144 Å². The van der Waals surface area contributed by atoms with Crippen LogP contribution in [0.15, 0.2) is 60.2 Å². The van der Waals surface area contributed by atoms with E-state index in [1.165, 1.54) is 12.1 Å². The predicted octanol–water partition coefficient (Wildman–Crippen LogP) is 3.15. The number of urea groups is 1. The number of ether oxygens (including phenoxy) is 1. The van der Waals surface area contributed by atoms with Gasteiger partial charge in [0.05, 0.1) is 23.9 Å². The summed E-state index contributed by atoms with van der Waals surface area (Å²) in [5, 5.41) is 5.26. The number of amides is 2. The van der Waals surface area contributed by atoms with E-state index < -0.39 is 23.9 Å². The smallest absolute Gasteiger partial charge is 0.338 e. The second-order valence-corrected chi connectivity index (χ2v) is 5.43. The fourth-order valence-electron chi connectivity index (χ4n) is 2.77. The van der Waals surface area contributed by atoms with E-state index in [4.69, 9.17) is 4.74 Å². The molecule has 0 aromatic heterocycles. The van der Waals surface area contributed by atoms with Crippen LogP contribution >= 0.6 is 0 Å². The summed E-state index contributed by atoms with van der Waals surface area (Å²) in [6.07, 6.45) is 0. The number of esters is 1.